The van der Waals surface area contributed by atoms with Gasteiger partial charge in [-0.3, -0.25) is 14.4 Å². The van der Waals surface area contributed by atoms with Crippen LogP contribution in [0, 0.1) is 0 Å². The van der Waals surface area contributed by atoms with Crippen LogP contribution in [0.3, 0.4) is 0 Å². The second-order valence-electron chi connectivity index (χ2n) is 11.4. The van der Waals surface area contributed by atoms with Gasteiger partial charge in [-0.25, -0.2) is 4.79 Å². The second kappa shape index (κ2) is 27.4. The highest BCUT2D eigenvalue weighted by atomic mass is 16.4. The van der Waals surface area contributed by atoms with Gasteiger partial charge in [-0.2, -0.15) is 0 Å². The lowest BCUT2D eigenvalue weighted by Gasteiger charge is -2.14. The Morgan fingerprint density at radius 2 is 1.02 bits per heavy atom. The number of hydrogen-bond acceptors (Lipinski definition) is 6. The number of nitrogens with two attached hydrogens (primary N) is 1. The van der Waals surface area contributed by atoms with E-state index >= 15 is 0 Å². The average molecular weight is 594 g/mol. The van der Waals surface area contributed by atoms with Gasteiger partial charge in [-0.1, -0.05) is 89.9 Å². The summed E-state index contributed by atoms with van der Waals surface area (Å²) in [5.41, 5.74) is 4.99. The van der Waals surface area contributed by atoms with Crippen LogP contribution in [0.15, 0.2) is 0 Å². The van der Waals surface area contributed by atoms with Crippen LogP contribution in [-0.4, -0.2) is 66.1 Å². The van der Waals surface area contributed by atoms with E-state index in [2.05, 4.69) is 10.6 Å². The van der Waals surface area contributed by atoms with E-state index < -0.39 is 29.7 Å². The summed E-state index contributed by atoms with van der Waals surface area (Å²) < 4.78 is 0. The van der Waals surface area contributed by atoms with Crippen LogP contribution in [0.25, 0.3) is 0 Å². The molecule has 11 heteroatoms. The van der Waals surface area contributed by atoms with Crippen molar-refractivity contribution < 1.29 is 34.2 Å². The Morgan fingerprint density at radius 3 is 1.45 bits per heavy atom. The summed E-state index contributed by atoms with van der Waals surface area (Å²) in [5.74, 6) is -2.43. The molecule has 0 fully saturated rings. The Balaban J connectivity index is 3.65. The molecule has 2 atom stereocenters. The Morgan fingerprint density at radius 1 is 0.571 bits per heavy atom. The van der Waals surface area contributed by atoms with E-state index in [0.29, 0.717) is 32.2 Å². The predicted octanol–water partition coefficient (Wildman–Crippen LogP) is 4.75. The first-order chi connectivity index (χ1) is 20.1. The average Bonchev–Trinajstić information content (AvgIpc) is 2.93. The summed E-state index contributed by atoms with van der Waals surface area (Å²) in [6.07, 6.45) is 20.4. The minimum atomic E-state index is -1.15. The van der Waals surface area contributed by atoms with E-state index in [0.717, 1.165) is 44.9 Å². The lowest BCUT2D eigenvalue weighted by atomic mass is 9.92. The van der Waals surface area contributed by atoms with Crippen LogP contribution in [-0.2, 0) is 24.0 Å². The highest BCUT2D eigenvalue weighted by molar-refractivity contribution is 6.59. The molecule has 2 amide bonds. The van der Waals surface area contributed by atoms with E-state index in [1.54, 1.807) is 0 Å². The summed E-state index contributed by atoms with van der Waals surface area (Å²) in [7, 11) is 5.10. The molecule has 2 radical (unpaired) electrons. The molecular formula is C31H56BN3O7. The predicted molar refractivity (Wildman–Crippen MR) is 165 cm³/mol. The number of carbonyl (C=O) groups is 5. The molecule has 0 aliphatic heterocycles. The third kappa shape index (κ3) is 26.5. The van der Waals surface area contributed by atoms with Gasteiger partial charge >= 0.3 is 11.9 Å². The van der Waals surface area contributed by atoms with E-state index in [-0.39, 0.29) is 31.1 Å². The maximum atomic E-state index is 12.2. The number of hydrogen-bond donors (Lipinski definition) is 5. The van der Waals surface area contributed by atoms with Crippen LogP contribution in [0.1, 0.15) is 148 Å². The van der Waals surface area contributed by atoms with Crippen molar-refractivity contribution in [2.45, 2.75) is 160 Å². The van der Waals surface area contributed by atoms with Crippen LogP contribution in [0.5, 0.6) is 0 Å². The number of carbonyl (C=O) groups excluding carboxylic acids is 3. The lowest BCUT2D eigenvalue weighted by Crippen LogP contribution is -2.41. The van der Waals surface area contributed by atoms with Crippen molar-refractivity contribution in [1.29, 1.82) is 0 Å². The molecule has 240 valence electrons. The summed E-state index contributed by atoms with van der Waals surface area (Å²) >= 11 is 0. The fourth-order valence-corrected chi connectivity index (χ4v) is 4.78. The number of nitrogens with one attached hydrogen (secondary N) is 2. The molecule has 0 saturated heterocycles. The summed E-state index contributed by atoms with van der Waals surface area (Å²) in [6, 6.07) is -1.78. The molecule has 0 aromatic heterocycles. The topological polar surface area (TPSA) is 176 Å². The third-order valence-corrected chi connectivity index (χ3v) is 7.47. The van der Waals surface area contributed by atoms with Gasteiger partial charge in [0.1, 0.15) is 6.04 Å². The van der Waals surface area contributed by atoms with E-state index in [1.807, 2.05) is 0 Å². The molecule has 0 spiro atoms. The first-order valence-corrected chi connectivity index (χ1v) is 16.2. The van der Waals surface area contributed by atoms with Crippen molar-refractivity contribution in [2.24, 2.45) is 5.73 Å². The number of carboxylic acid groups (broad SMARTS) is 2. The molecule has 42 heavy (non-hydrogen) atoms. The molecule has 6 N–H and O–H groups in total. The molecule has 0 bridgehead atoms. The maximum Gasteiger partial charge on any atom is 0.326 e. The number of carboxylic acids is 2. The highest BCUT2D eigenvalue weighted by Crippen LogP contribution is 2.14. The molecule has 0 heterocycles. The Bertz CT molecular complexity index is 767. The second-order valence-corrected chi connectivity index (χ2v) is 11.4. The van der Waals surface area contributed by atoms with Crippen LogP contribution < -0.4 is 16.4 Å². The van der Waals surface area contributed by atoms with Crippen LogP contribution >= 0.6 is 0 Å². The zero-order chi connectivity index (χ0) is 31.4. The number of amides is 2. The van der Waals surface area contributed by atoms with E-state index in [1.165, 1.54) is 57.8 Å². The van der Waals surface area contributed by atoms with E-state index in [4.69, 9.17) is 18.7 Å². The molecule has 0 aromatic rings. The van der Waals surface area contributed by atoms with Crippen molar-refractivity contribution in [3.63, 3.8) is 0 Å². The van der Waals surface area contributed by atoms with Crippen molar-refractivity contribution in [1.82, 2.24) is 10.6 Å². The van der Waals surface area contributed by atoms with Crippen LogP contribution in [0.4, 0.5) is 0 Å². The normalized spacial score (nSPS) is 12.4. The summed E-state index contributed by atoms with van der Waals surface area (Å²) in [5, 5.41) is 23.3. The first kappa shape index (κ1) is 39.6. The van der Waals surface area contributed by atoms with Gasteiger partial charge in [0.05, 0.1) is 11.7 Å². The van der Waals surface area contributed by atoms with E-state index in [9.17, 15) is 29.1 Å². The van der Waals surface area contributed by atoms with Gasteiger partial charge in [0, 0.05) is 25.8 Å². The minimum absolute atomic E-state index is 0.00434. The number of aliphatic carboxylic acids is 2. The molecule has 0 aromatic carbocycles. The first-order valence-electron chi connectivity index (χ1n) is 16.2. The molecule has 0 rings (SSSR count). The zero-order valence-electron chi connectivity index (χ0n) is 25.7. The monoisotopic (exact) mass is 593 g/mol. The highest BCUT2D eigenvalue weighted by Gasteiger charge is 2.20. The Kier molecular flexibility index (Phi) is 25.8. The van der Waals surface area contributed by atoms with Gasteiger partial charge in [-0.05, 0) is 38.5 Å². The van der Waals surface area contributed by atoms with Crippen molar-refractivity contribution in [3.8, 4) is 0 Å². The molecule has 0 aliphatic rings. The molecule has 10 nitrogen and oxygen atoms in total. The number of rotatable bonds is 30. The van der Waals surface area contributed by atoms with Crippen molar-refractivity contribution in [2.75, 3.05) is 6.54 Å². The summed E-state index contributed by atoms with van der Waals surface area (Å²) in [6.45, 7) is 0.398. The van der Waals surface area contributed by atoms with Gasteiger partial charge in [-0.15, -0.1) is 0 Å². The fraction of sp³-hybridized carbons (Fsp3) is 0.839. The lowest BCUT2D eigenvalue weighted by molar-refractivity contribution is -0.142. The van der Waals surface area contributed by atoms with Gasteiger partial charge in [0.25, 0.3) is 0 Å². The Hall–Kier alpha value is -2.43. The van der Waals surface area contributed by atoms with Crippen molar-refractivity contribution >= 4 is 37.3 Å². The quantitative estimate of drug-likeness (QED) is 0.0585. The van der Waals surface area contributed by atoms with Gasteiger partial charge < -0.3 is 31.4 Å². The SMILES string of the molecule is [B]C(=O)[C@@H](N)CCCCNC(=O)CC[C@H](NC(=O)CCCCCCCCCCCCCCCCCCC(=O)O)C(=O)O. The molecule has 0 saturated carbocycles. The van der Waals surface area contributed by atoms with Crippen molar-refractivity contribution in [3.05, 3.63) is 0 Å². The Labute approximate surface area is 254 Å². The summed E-state index contributed by atoms with van der Waals surface area (Å²) in [4.78, 5) is 57.1. The third-order valence-electron chi connectivity index (χ3n) is 7.47. The zero-order valence-corrected chi connectivity index (χ0v) is 25.7. The molecular weight excluding hydrogens is 537 g/mol. The van der Waals surface area contributed by atoms with Crippen LogP contribution in [0.2, 0.25) is 0 Å². The number of unbranched alkanes of at least 4 members (excludes halogenated alkanes) is 16. The maximum absolute atomic E-state index is 12.2. The fourth-order valence-electron chi connectivity index (χ4n) is 4.78. The van der Waals surface area contributed by atoms with Gasteiger partial charge in [0.2, 0.25) is 11.8 Å². The molecule has 0 aliphatic carbocycles. The standard InChI is InChI=1S/C31H56BN3O7/c32-30(40)25(33)19-17-18-24-34-27(36)23-22-26(31(41)42)35-28(37)20-15-13-11-9-7-5-3-1-2-4-6-8-10-12-14-16-21-29(38)39/h25-26H,1-24,33H2,(H,34,36)(H,35,37)(H,38,39)(H,41,42)/t25-,26-/m0/s1. The molecule has 0 unspecified atom stereocenters. The largest absolute Gasteiger partial charge is 0.481 e. The van der Waals surface area contributed by atoms with Gasteiger partial charge in [0.15, 0.2) is 7.85 Å². The smallest absolute Gasteiger partial charge is 0.326 e. The minimum Gasteiger partial charge on any atom is -0.481 e.